The summed E-state index contributed by atoms with van der Waals surface area (Å²) in [5.41, 5.74) is -0.722. The van der Waals surface area contributed by atoms with Gasteiger partial charge in [0.05, 0.1) is 6.61 Å². The molecule has 2 heterocycles. The van der Waals surface area contributed by atoms with Crippen LogP contribution < -0.4 is 26.8 Å². The molecule has 0 aliphatic heterocycles. The molecule has 0 spiro atoms. The van der Waals surface area contributed by atoms with Crippen molar-refractivity contribution in [2.75, 3.05) is 12.4 Å². The van der Waals surface area contributed by atoms with E-state index in [0.717, 1.165) is 37.5 Å². The Bertz CT molecular complexity index is 1440. The molecular formula is C28H35N7O7S. The van der Waals surface area contributed by atoms with Gasteiger partial charge < -0.3 is 30.9 Å². The van der Waals surface area contributed by atoms with E-state index >= 15 is 0 Å². The molecule has 1 atom stereocenters. The normalized spacial score (nSPS) is 24.2. The molecule has 4 amide bonds. The van der Waals surface area contributed by atoms with Gasteiger partial charge in [0.15, 0.2) is 0 Å². The summed E-state index contributed by atoms with van der Waals surface area (Å²) in [7, 11) is 1.29. The Labute approximate surface area is 251 Å². The first kappa shape index (κ1) is 30.5. The van der Waals surface area contributed by atoms with Gasteiger partial charge in [-0.15, -0.1) is 5.10 Å². The molecule has 0 radical (unpaired) electrons. The number of amides is 4. The van der Waals surface area contributed by atoms with Gasteiger partial charge in [-0.3, -0.25) is 28.8 Å². The topological polar surface area (TPSA) is 201 Å². The monoisotopic (exact) mass is 613 g/mol. The van der Waals surface area contributed by atoms with Crippen LogP contribution in [0.3, 0.4) is 0 Å². The number of anilines is 1. The Balaban J connectivity index is 1.25. The highest BCUT2D eigenvalue weighted by Crippen LogP contribution is 2.53. The zero-order valence-corrected chi connectivity index (χ0v) is 24.5. The summed E-state index contributed by atoms with van der Waals surface area (Å²) in [6.45, 7) is -0.764. The number of hydrogen-bond acceptors (Lipinski definition) is 10. The minimum atomic E-state index is -1.33. The molecule has 0 unspecified atom stereocenters. The van der Waals surface area contributed by atoms with Crippen LogP contribution in [-0.2, 0) is 32.3 Å². The highest BCUT2D eigenvalue weighted by atomic mass is 32.1. The van der Waals surface area contributed by atoms with Crippen molar-refractivity contribution in [3.63, 3.8) is 0 Å². The molecule has 14 nitrogen and oxygen atoms in total. The summed E-state index contributed by atoms with van der Waals surface area (Å²) in [5, 5.41) is 23.4. The van der Waals surface area contributed by atoms with Crippen LogP contribution in [0.15, 0.2) is 23.1 Å². The first-order valence-corrected chi connectivity index (χ1v) is 15.2. The van der Waals surface area contributed by atoms with E-state index in [9.17, 15) is 33.9 Å². The number of aliphatic hydroxyl groups is 1. The van der Waals surface area contributed by atoms with E-state index in [2.05, 4.69) is 30.9 Å². The molecule has 15 heteroatoms. The quantitative estimate of drug-likeness (QED) is 0.204. The summed E-state index contributed by atoms with van der Waals surface area (Å²) < 4.78 is 4.84. The molecule has 230 valence electrons. The minimum absolute atomic E-state index is 0.0148. The van der Waals surface area contributed by atoms with Crippen molar-refractivity contribution >= 4 is 46.6 Å². The number of nitrogens with zero attached hydrogens (tertiary/aromatic N) is 3. The van der Waals surface area contributed by atoms with Gasteiger partial charge in [0.1, 0.15) is 28.8 Å². The van der Waals surface area contributed by atoms with E-state index in [1.807, 2.05) is 0 Å². The number of rotatable bonds is 12. The highest BCUT2D eigenvalue weighted by Gasteiger charge is 2.48. The van der Waals surface area contributed by atoms with Crippen LogP contribution in [0.2, 0.25) is 0 Å². The van der Waals surface area contributed by atoms with Gasteiger partial charge in [-0.1, -0.05) is 4.49 Å². The second-order valence-corrected chi connectivity index (χ2v) is 12.4. The van der Waals surface area contributed by atoms with Crippen molar-refractivity contribution in [2.45, 2.75) is 70.2 Å². The van der Waals surface area contributed by atoms with Gasteiger partial charge >= 0.3 is 0 Å². The summed E-state index contributed by atoms with van der Waals surface area (Å²) in [6, 6.07) is 1.69. The average Bonchev–Trinajstić information content (AvgIpc) is 3.47. The summed E-state index contributed by atoms with van der Waals surface area (Å²) in [4.78, 5) is 76.1. The SMILES string of the molecule is CNC(=O)C(=O)CC[C@H](NC(=O)c1snnc1CO)C(=O)Nc1cccn(CC(=O)NC2C3CC4CC(C3)CC2C4)c1=O. The predicted octanol–water partition coefficient (Wildman–Crippen LogP) is -0.0346. The van der Waals surface area contributed by atoms with Gasteiger partial charge in [0.25, 0.3) is 17.4 Å². The Morgan fingerprint density at radius 2 is 1.79 bits per heavy atom. The van der Waals surface area contributed by atoms with Crippen molar-refractivity contribution in [3.8, 4) is 0 Å². The lowest BCUT2D eigenvalue weighted by Gasteiger charge is -2.54. The standard InChI is InChI=1S/C28H35N7O7S/c1-29-26(40)21(37)5-4-18(30-27(41)24-20(13-36)33-34-43-24)25(39)31-19-3-2-6-35(28(19)42)12-22(38)32-23-16-8-14-7-15(10-16)11-17(23)9-14/h2-3,6,14-18,23,36H,4-5,7-13H2,1H3,(H,29,40)(H,30,41)(H,31,39)(H,32,38)/t14?,15?,16?,17?,18-,23?/m0/s1. The predicted molar refractivity (Wildman–Crippen MR) is 154 cm³/mol. The molecule has 4 aliphatic rings. The Hall–Kier alpha value is -3.98. The lowest BCUT2D eigenvalue weighted by Crippen LogP contribution is -2.56. The van der Waals surface area contributed by atoms with Gasteiger partial charge in [0, 0.05) is 25.7 Å². The fourth-order valence-electron chi connectivity index (χ4n) is 7.03. The van der Waals surface area contributed by atoms with Crippen molar-refractivity contribution in [1.82, 2.24) is 30.1 Å². The third-order valence-corrected chi connectivity index (χ3v) is 9.59. The van der Waals surface area contributed by atoms with E-state index in [-0.39, 0.29) is 47.6 Å². The van der Waals surface area contributed by atoms with Crippen LogP contribution in [0.1, 0.15) is 60.3 Å². The number of aromatic nitrogens is 3. The second kappa shape index (κ2) is 13.1. The number of hydrogen-bond donors (Lipinski definition) is 5. The molecule has 0 aromatic carbocycles. The summed E-state index contributed by atoms with van der Waals surface area (Å²) in [5.74, 6) is -0.978. The maximum atomic E-state index is 13.3. The van der Waals surface area contributed by atoms with Crippen LogP contribution in [-0.4, -0.2) is 67.8 Å². The molecule has 43 heavy (non-hydrogen) atoms. The Morgan fingerprint density at radius 1 is 1.09 bits per heavy atom. The molecule has 4 bridgehead atoms. The van der Waals surface area contributed by atoms with Gasteiger partial charge in [0.2, 0.25) is 17.6 Å². The highest BCUT2D eigenvalue weighted by molar-refractivity contribution is 7.08. The van der Waals surface area contributed by atoms with Crippen LogP contribution >= 0.6 is 11.5 Å². The third kappa shape index (κ3) is 6.82. The zero-order valence-electron chi connectivity index (χ0n) is 23.7. The molecular weight excluding hydrogens is 578 g/mol. The number of likely N-dealkylation sites (N-methyl/N-ethyl adjacent to an activating group) is 1. The Morgan fingerprint density at radius 3 is 2.44 bits per heavy atom. The van der Waals surface area contributed by atoms with Crippen molar-refractivity contribution in [3.05, 3.63) is 39.3 Å². The van der Waals surface area contributed by atoms with Crippen LogP contribution in [0.25, 0.3) is 0 Å². The van der Waals surface area contributed by atoms with E-state index < -0.39 is 41.7 Å². The average molecular weight is 614 g/mol. The van der Waals surface area contributed by atoms with Crippen molar-refractivity contribution < 1.29 is 29.1 Å². The summed E-state index contributed by atoms with van der Waals surface area (Å²) in [6.07, 6.45) is 6.74. The van der Waals surface area contributed by atoms with E-state index in [4.69, 9.17) is 0 Å². The van der Waals surface area contributed by atoms with E-state index in [1.165, 1.54) is 36.4 Å². The fraction of sp³-hybridized carbons (Fsp3) is 0.571. The number of Topliss-reactive ketones (excluding diaryl/α,β-unsaturated/α-hetero) is 1. The molecule has 2 aromatic rings. The van der Waals surface area contributed by atoms with Gasteiger partial charge in [-0.2, -0.15) is 0 Å². The van der Waals surface area contributed by atoms with Crippen molar-refractivity contribution in [2.24, 2.45) is 23.7 Å². The molecule has 0 saturated heterocycles. The van der Waals surface area contributed by atoms with E-state index in [0.29, 0.717) is 23.4 Å². The molecule has 6 rings (SSSR count). The lowest BCUT2D eigenvalue weighted by molar-refractivity contribution is -0.137. The second-order valence-electron chi connectivity index (χ2n) is 11.6. The maximum absolute atomic E-state index is 13.3. The van der Waals surface area contributed by atoms with Gasteiger partial charge in [-0.05, 0) is 85.9 Å². The summed E-state index contributed by atoms with van der Waals surface area (Å²) >= 11 is 0.715. The lowest BCUT2D eigenvalue weighted by atomic mass is 9.54. The van der Waals surface area contributed by atoms with E-state index in [1.54, 1.807) is 0 Å². The van der Waals surface area contributed by atoms with Crippen molar-refractivity contribution in [1.29, 1.82) is 0 Å². The number of nitrogens with one attached hydrogen (secondary N) is 4. The Kier molecular flexibility index (Phi) is 9.30. The molecule has 2 aromatic heterocycles. The molecule has 4 fully saturated rings. The first-order valence-electron chi connectivity index (χ1n) is 14.4. The molecule has 4 aliphatic carbocycles. The smallest absolute Gasteiger partial charge is 0.287 e. The van der Waals surface area contributed by atoms with Crippen LogP contribution in [0, 0.1) is 23.7 Å². The maximum Gasteiger partial charge on any atom is 0.287 e. The number of aliphatic hydroxyl groups excluding tert-OH is 1. The molecule has 4 saturated carbocycles. The van der Waals surface area contributed by atoms with Crippen LogP contribution in [0.4, 0.5) is 5.69 Å². The zero-order chi connectivity index (χ0) is 30.7. The van der Waals surface area contributed by atoms with Crippen LogP contribution in [0.5, 0.6) is 0 Å². The largest absolute Gasteiger partial charge is 0.390 e. The minimum Gasteiger partial charge on any atom is -0.390 e. The number of carbonyl (C=O) groups is 5. The van der Waals surface area contributed by atoms with Gasteiger partial charge in [-0.25, -0.2) is 0 Å². The number of ketones is 1. The number of pyridine rings is 1. The molecule has 5 N–H and O–H groups in total. The fourth-order valence-corrected chi connectivity index (χ4v) is 7.60. The first-order chi connectivity index (χ1) is 20.7. The number of carbonyl (C=O) groups excluding carboxylic acids is 5. The third-order valence-electron chi connectivity index (χ3n) is 8.82.